The number of nitrogens with one attached hydrogen (secondary N) is 1. The number of aromatic nitrogens is 3. The monoisotopic (exact) mass is 454 g/mol. The highest BCUT2D eigenvalue weighted by Gasteiger charge is 2.20. The van der Waals surface area contributed by atoms with Crippen LogP contribution in [0, 0.1) is 0 Å². The van der Waals surface area contributed by atoms with E-state index in [9.17, 15) is 4.79 Å². The van der Waals surface area contributed by atoms with E-state index < -0.39 is 0 Å². The van der Waals surface area contributed by atoms with Crippen LogP contribution in [0.25, 0.3) is 0 Å². The number of anilines is 1. The summed E-state index contributed by atoms with van der Waals surface area (Å²) < 4.78 is 19.3. The number of hydrogen-bond donors (Lipinski definition) is 1. The molecule has 2 aromatic carbocycles. The number of thioether (sulfide) groups is 1. The van der Waals surface area contributed by atoms with Crippen molar-refractivity contribution in [2.24, 2.45) is 0 Å². The van der Waals surface area contributed by atoms with Gasteiger partial charge in [-0.05, 0) is 38.1 Å². The van der Waals surface area contributed by atoms with E-state index >= 15 is 0 Å². The Morgan fingerprint density at radius 3 is 2.72 bits per heavy atom. The minimum absolute atomic E-state index is 0.134. The summed E-state index contributed by atoms with van der Waals surface area (Å²) in [4.78, 5) is 12.5. The van der Waals surface area contributed by atoms with E-state index in [0.29, 0.717) is 42.1 Å². The molecule has 2 heterocycles. The fourth-order valence-corrected chi connectivity index (χ4v) is 4.14. The van der Waals surface area contributed by atoms with Gasteiger partial charge < -0.3 is 24.1 Å². The molecule has 1 aliphatic heterocycles. The summed E-state index contributed by atoms with van der Waals surface area (Å²) in [6.07, 6.45) is 0.567. The highest BCUT2D eigenvalue weighted by atomic mass is 32.2. The summed E-state index contributed by atoms with van der Waals surface area (Å²) in [5.74, 6) is 2.92. The van der Waals surface area contributed by atoms with Crippen LogP contribution in [0.1, 0.15) is 32.2 Å². The molecule has 0 bridgehead atoms. The van der Waals surface area contributed by atoms with Gasteiger partial charge >= 0.3 is 0 Å². The Balaban J connectivity index is 1.36. The van der Waals surface area contributed by atoms with Gasteiger partial charge in [-0.3, -0.25) is 4.79 Å². The molecule has 0 spiro atoms. The summed E-state index contributed by atoms with van der Waals surface area (Å²) in [5.41, 5.74) is 0.669. The van der Waals surface area contributed by atoms with Crippen molar-refractivity contribution in [3.05, 3.63) is 54.4 Å². The maximum atomic E-state index is 12.5. The van der Waals surface area contributed by atoms with Crippen molar-refractivity contribution in [2.45, 2.75) is 38.1 Å². The standard InChI is InChI=1S/C23H26N4O4S/c1-3-27-22(16(2)31-18-8-5-4-6-9-18)25-26-23(27)32-15-21(28)24-17-10-11-19-20(14-17)30-13-7-12-29-19/h4-6,8-11,14,16H,3,7,12-13,15H2,1-2H3,(H,24,28)/t16-/m0/s1. The molecule has 1 atom stereocenters. The van der Waals surface area contributed by atoms with Crippen molar-refractivity contribution in [2.75, 3.05) is 24.3 Å². The molecule has 0 radical (unpaired) electrons. The van der Waals surface area contributed by atoms with Crippen LogP contribution in [0.3, 0.4) is 0 Å². The largest absolute Gasteiger partial charge is 0.490 e. The Kier molecular flexibility index (Phi) is 7.16. The molecule has 1 amide bonds. The number of nitrogens with zero attached hydrogens (tertiary/aromatic N) is 3. The van der Waals surface area contributed by atoms with Gasteiger partial charge in [0.25, 0.3) is 0 Å². The first kappa shape index (κ1) is 22.0. The maximum Gasteiger partial charge on any atom is 0.234 e. The van der Waals surface area contributed by atoms with Gasteiger partial charge in [-0.2, -0.15) is 0 Å². The van der Waals surface area contributed by atoms with E-state index in [1.54, 1.807) is 6.07 Å². The Labute approximate surface area is 191 Å². The maximum absolute atomic E-state index is 12.5. The number of carbonyl (C=O) groups excluding carboxylic acids is 1. The molecule has 0 saturated carbocycles. The molecule has 0 fully saturated rings. The SMILES string of the molecule is CCn1c(SCC(=O)Nc2ccc3c(c2)OCCCO3)nnc1[C@H](C)Oc1ccccc1. The van der Waals surface area contributed by atoms with E-state index in [2.05, 4.69) is 15.5 Å². The van der Waals surface area contributed by atoms with E-state index in [-0.39, 0.29) is 17.8 Å². The number of amides is 1. The lowest BCUT2D eigenvalue weighted by atomic mass is 10.2. The van der Waals surface area contributed by atoms with Crippen LogP contribution < -0.4 is 19.5 Å². The summed E-state index contributed by atoms with van der Waals surface area (Å²) in [6, 6.07) is 15.0. The molecular weight excluding hydrogens is 428 g/mol. The number of fused-ring (bicyclic) bond motifs is 1. The van der Waals surface area contributed by atoms with E-state index in [4.69, 9.17) is 14.2 Å². The summed E-state index contributed by atoms with van der Waals surface area (Å²) in [5, 5.41) is 12.2. The molecule has 9 heteroatoms. The molecule has 1 N–H and O–H groups in total. The van der Waals surface area contributed by atoms with Crippen molar-refractivity contribution in [1.82, 2.24) is 14.8 Å². The molecule has 8 nitrogen and oxygen atoms in total. The second-order valence-corrected chi connectivity index (χ2v) is 8.15. The number of rotatable bonds is 8. The van der Waals surface area contributed by atoms with Gasteiger partial charge in [-0.25, -0.2) is 0 Å². The second-order valence-electron chi connectivity index (χ2n) is 7.21. The van der Waals surface area contributed by atoms with Crippen LogP contribution in [0.4, 0.5) is 5.69 Å². The third-order valence-corrected chi connectivity index (χ3v) is 5.81. The zero-order valence-corrected chi connectivity index (χ0v) is 18.9. The van der Waals surface area contributed by atoms with E-state index in [1.807, 2.05) is 60.9 Å². The van der Waals surface area contributed by atoms with Gasteiger partial charge in [0.05, 0.1) is 19.0 Å². The Hall–Kier alpha value is -3.20. The lowest BCUT2D eigenvalue weighted by Gasteiger charge is -2.15. The molecule has 32 heavy (non-hydrogen) atoms. The van der Waals surface area contributed by atoms with Gasteiger partial charge in [0.2, 0.25) is 5.91 Å². The van der Waals surface area contributed by atoms with Gasteiger partial charge in [0, 0.05) is 24.7 Å². The third-order valence-electron chi connectivity index (χ3n) is 4.84. The quantitative estimate of drug-likeness (QED) is 0.507. The fraction of sp³-hybridized carbons (Fsp3) is 0.348. The van der Waals surface area contributed by atoms with Crippen LogP contribution in [0.2, 0.25) is 0 Å². The third kappa shape index (κ3) is 5.34. The zero-order chi connectivity index (χ0) is 22.3. The Bertz CT molecular complexity index is 1060. The zero-order valence-electron chi connectivity index (χ0n) is 18.1. The summed E-state index contributed by atoms with van der Waals surface area (Å²) in [7, 11) is 0. The topological polar surface area (TPSA) is 87.5 Å². The minimum Gasteiger partial charge on any atom is -0.490 e. The van der Waals surface area contributed by atoms with Crippen molar-refractivity contribution in [1.29, 1.82) is 0 Å². The molecule has 168 valence electrons. The Morgan fingerprint density at radius 2 is 1.94 bits per heavy atom. The van der Waals surface area contributed by atoms with Gasteiger partial charge in [-0.15, -0.1) is 10.2 Å². The molecule has 3 aromatic rings. The first-order valence-corrected chi connectivity index (χ1v) is 11.6. The molecule has 0 unspecified atom stereocenters. The second kappa shape index (κ2) is 10.4. The van der Waals surface area contributed by atoms with Crippen LogP contribution in [0.15, 0.2) is 53.7 Å². The molecular formula is C23H26N4O4S. The number of carbonyl (C=O) groups is 1. The normalized spacial score (nSPS) is 13.8. The average Bonchev–Trinajstić information content (AvgIpc) is 3.08. The van der Waals surface area contributed by atoms with Crippen LogP contribution in [0.5, 0.6) is 17.2 Å². The van der Waals surface area contributed by atoms with E-state index in [0.717, 1.165) is 18.0 Å². The smallest absolute Gasteiger partial charge is 0.234 e. The van der Waals surface area contributed by atoms with Crippen LogP contribution >= 0.6 is 11.8 Å². The molecule has 1 aromatic heterocycles. The average molecular weight is 455 g/mol. The summed E-state index contributed by atoms with van der Waals surface area (Å²) in [6.45, 7) is 5.86. The van der Waals surface area contributed by atoms with Crippen molar-refractivity contribution in [3.63, 3.8) is 0 Å². The van der Waals surface area contributed by atoms with Crippen molar-refractivity contribution < 1.29 is 19.0 Å². The first-order valence-electron chi connectivity index (χ1n) is 10.6. The van der Waals surface area contributed by atoms with Crippen LogP contribution in [-0.2, 0) is 11.3 Å². The number of para-hydroxylation sites is 1. The van der Waals surface area contributed by atoms with E-state index in [1.165, 1.54) is 11.8 Å². The van der Waals surface area contributed by atoms with Crippen LogP contribution in [-0.4, -0.2) is 39.6 Å². The minimum atomic E-state index is -0.269. The van der Waals surface area contributed by atoms with Gasteiger partial charge in [0.1, 0.15) is 5.75 Å². The highest BCUT2D eigenvalue weighted by Crippen LogP contribution is 2.32. The molecule has 0 saturated heterocycles. The Morgan fingerprint density at radius 1 is 1.16 bits per heavy atom. The number of benzene rings is 2. The van der Waals surface area contributed by atoms with Crippen molar-refractivity contribution in [3.8, 4) is 17.2 Å². The predicted octanol–water partition coefficient (Wildman–Crippen LogP) is 4.33. The fourth-order valence-electron chi connectivity index (χ4n) is 3.33. The first-order chi connectivity index (χ1) is 15.6. The highest BCUT2D eigenvalue weighted by molar-refractivity contribution is 7.99. The summed E-state index contributed by atoms with van der Waals surface area (Å²) >= 11 is 1.34. The lowest BCUT2D eigenvalue weighted by Crippen LogP contribution is -2.15. The number of hydrogen-bond acceptors (Lipinski definition) is 7. The van der Waals surface area contributed by atoms with Crippen molar-refractivity contribution >= 4 is 23.4 Å². The molecule has 0 aliphatic carbocycles. The lowest BCUT2D eigenvalue weighted by molar-refractivity contribution is -0.113. The molecule has 1 aliphatic rings. The van der Waals surface area contributed by atoms with Gasteiger partial charge in [-0.1, -0.05) is 30.0 Å². The number of ether oxygens (including phenoxy) is 3. The molecule has 4 rings (SSSR count). The predicted molar refractivity (Wildman–Crippen MR) is 123 cm³/mol. The van der Waals surface area contributed by atoms with Gasteiger partial charge in [0.15, 0.2) is 28.6 Å².